The zero-order chi connectivity index (χ0) is 95.4. The van der Waals surface area contributed by atoms with E-state index in [9.17, 15) is 70.7 Å². The lowest BCUT2D eigenvalue weighted by Crippen LogP contribution is -2.64. The molecule has 129 heavy (non-hydrogen) atoms. The summed E-state index contributed by atoms with van der Waals surface area (Å²) in [7, 11) is -4.98. The highest BCUT2D eigenvalue weighted by Crippen LogP contribution is 2.48. The average molecular weight is 1870 g/mol. The predicted molar refractivity (Wildman–Crippen MR) is 514 cm³/mol. The summed E-state index contributed by atoms with van der Waals surface area (Å²) in [6.07, 6.45) is 25.6. The maximum absolute atomic E-state index is 13.3. The van der Waals surface area contributed by atoms with Gasteiger partial charge in [-0.2, -0.15) is 0 Å². The number of aliphatic hydroxyl groups excluding tert-OH is 12. The van der Waals surface area contributed by atoms with Gasteiger partial charge in [-0.05, 0) is 120 Å². The van der Waals surface area contributed by atoms with Crippen LogP contribution in [0.3, 0.4) is 0 Å². The summed E-state index contributed by atoms with van der Waals surface area (Å²) in [5, 5.41) is 126. The number of hydrogen-bond acceptors (Lipinski definition) is 23. The van der Waals surface area contributed by atoms with Crippen LogP contribution in [0, 0.1) is 94.7 Å². The normalized spacial score (nSPS) is 41.1. The minimum absolute atomic E-state index is 0.0243. The van der Waals surface area contributed by atoms with Gasteiger partial charge in [0, 0.05) is 26.4 Å². The van der Waals surface area contributed by atoms with E-state index in [0.717, 1.165) is 105 Å². The van der Waals surface area contributed by atoms with E-state index in [2.05, 4.69) is 111 Å². The van der Waals surface area contributed by atoms with Crippen LogP contribution in [-0.2, 0) is 51.5 Å². The molecule has 4 aliphatic rings. The van der Waals surface area contributed by atoms with Crippen LogP contribution in [0.15, 0.2) is 0 Å². The maximum atomic E-state index is 13.3. The van der Waals surface area contributed by atoms with Crippen molar-refractivity contribution in [1.29, 1.82) is 0 Å². The third-order valence-corrected chi connectivity index (χ3v) is 31.2. The van der Waals surface area contributed by atoms with E-state index in [-0.39, 0.29) is 26.4 Å². The van der Waals surface area contributed by atoms with Crippen LogP contribution < -0.4 is 0 Å². The van der Waals surface area contributed by atoms with Crippen molar-refractivity contribution in [2.24, 2.45) is 94.7 Å². The summed E-state index contributed by atoms with van der Waals surface area (Å²) in [4.78, 5) is 10.8. The Morgan fingerprint density at radius 3 is 0.791 bits per heavy atom. The van der Waals surface area contributed by atoms with Gasteiger partial charge in [0.25, 0.3) is 0 Å². The SMILES string of the molecule is CC1CCCC(C)CCCC(C)CCC(C)CCCC(C)CCCC(C)CCCC(C)CCOC(COP(=O)(O)OC2[C@@H](O)[C@@H](O)C(O)[C@H](O)[C@H]2O)COCCC(C)CCCC(C)CCCC(C)CCCC(C)CCC(C)CCCC(C)CCCC(C)CCCC(C)CCOC(CO[C@H]2O[C@H](CO)[C@H](O[C@@H]3O[C@H](CO)[C@H](O)[C@@H](O)[C@H]3O)[C@H](O)[C@H]2O)COCCC(C)CCC1. The summed E-state index contributed by atoms with van der Waals surface area (Å²) in [5.41, 5.74) is 0. The van der Waals surface area contributed by atoms with Crippen molar-refractivity contribution in [2.45, 2.75) is 504 Å². The van der Waals surface area contributed by atoms with E-state index in [1.165, 1.54) is 225 Å². The van der Waals surface area contributed by atoms with Crippen molar-refractivity contribution in [3.8, 4) is 0 Å². The standard InChI is InChI=1S/C104H203O24P/c1-71-29-17-33-75(5)41-25-49-83(13)57-61-119-67-87(69-123-103-100(116)98(114)101(90(66-106)126-103)127-104-99(115)92(108)91(107)89(65-105)125-104)121-63-59-85(15)51-27-43-77(7)35-19-31-73(3)39-23-47-81(11)55-53-80(10)46-22-38-72(2)30-18-34-76(6)42-26-50-84(14)58-62-120-68-88(70-124-129(117,118)128-102-96(112)94(110)93(109)95(111)97(102)113)122-64-60-86(16)52-28-44-78(8)36-20-32-74(4)40-24-48-82(12)56-54-79(9)45-21-37-71/h71-116H,17-70H2,1-16H3,(H,117,118)/t71?,72?,73?,74?,75?,76?,77?,78?,79?,80?,81?,82?,83?,84?,85?,86?,87?,88?,89-,90-,91+,92-,93?,94+,95+,96-,97+,98-,99-,100-,101+,102?,103+,104+/m1/s1. The molecule has 768 valence electrons. The summed E-state index contributed by atoms with van der Waals surface area (Å²) in [5.74, 6) is 10.6. The van der Waals surface area contributed by atoms with Crippen LogP contribution in [0.5, 0.6) is 0 Å². The van der Waals surface area contributed by atoms with Gasteiger partial charge in [-0.1, -0.05) is 368 Å². The Labute approximate surface area is 785 Å². The third kappa shape index (κ3) is 52.4. The van der Waals surface area contributed by atoms with Crippen LogP contribution in [-0.4, -0.2) is 242 Å². The zero-order valence-corrected chi connectivity index (χ0v) is 85.5. The second-order valence-electron chi connectivity index (χ2n) is 43.9. The Morgan fingerprint density at radius 2 is 0.496 bits per heavy atom. The van der Waals surface area contributed by atoms with Gasteiger partial charge in [-0.3, -0.25) is 9.05 Å². The van der Waals surface area contributed by atoms with Gasteiger partial charge < -0.3 is 104 Å². The molecule has 3 heterocycles. The molecular formula is C104H203O24P. The molecule has 0 aromatic rings. The largest absolute Gasteiger partial charge is 0.472 e. The number of phosphoric ester groups is 1. The fraction of sp³-hybridized carbons (Fsp3) is 1.00. The highest BCUT2D eigenvalue weighted by atomic mass is 31.2. The Balaban J connectivity index is 1.26. The van der Waals surface area contributed by atoms with Gasteiger partial charge in [0.1, 0.15) is 97.7 Å². The molecule has 25 heteroatoms. The fourth-order valence-electron chi connectivity index (χ4n) is 20.0. The topological polar surface area (TPSA) is 372 Å². The Hall–Kier alpha value is -0.690. The smallest absolute Gasteiger partial charge is 0.394 e. The molecule has 24 nitrogen and oxygen atoms in total. The number of hydrogen-bond donors (Lipinski definition) is 13. The second kappa shape index (κ2) is 69.2. The summed E-state index contributed by atoms with van der Waals surface area (Å²) < 4.78 is 72.5. The van der Waals surface area contributed by atoms with E-state index < -0.39 is 131 Å². The van der Waals surface area contributed by atoms with Gasteiger partial charge in [-0.15, -0.1) is 0 Å². The zero-order valence-electron chi connectivity index (χ0n) is 84.6. The molecule has 0 amide bonds. The first-order valence-electron chi connectivity index (χ1n) is 53.0. The summed E-state index contributed by atoms with van der Waals surface area (Å²) in [6, 6.07) is 0. The number of phosphoric acid groups is 1. The Kier molecular flexibility index (Phi) is 64.7. The average Bonchev–Trinajstić information content (AvgIpc) is 0.792. The molecule has 0 aromatic carbocycles. The molecule has 35 atom stereocenters. The number of aliphatic hydroxyl groups is 12. The molecule has 4 fully saturated rings. The van der Waals surface area contributed by atoms with E-state index in [0.29, 0.717) is 73.8 Å². The summed E-state index contributed by atoms with van der Waals surface area (Å²) >= 11 is 0. The fourth-order valence-corrected chi connectivity index (χ4v) is 20.9. The van der Waals surface area contributed by atoms with Crippen molar-refractivity contribution >= 4 is 7.82 Å². The first-order valence-corrected chi connectivity index (χ1v) is 54.5. The monoisotopic (exact) mass is 1870 g/mol. The number of rotatable bonds is 12. The lowest BCUT2D eigenvalue weighted by Gasteiger charge is -2.46. The van der Waals surface area contributed by atoms with E-state index in [1.807, 2.05) is 0 Å². The lowest BCUT2D eigenvalue weighted by atomic mass is 9.85. The first-order chi connectivity index (χ1) is 61.4. The van der Waals surface area contributed by atoms with E-state index >= 15 is 0 Å². The molecule has 4 rings (SSSR count). The molecule has 3 aliphatic heterocycles. The van der Waals surface area contributed by atoms with E-state index in [1.54, 1.807) is 0 Å². The maximum Gasteiger partial charge on any atom is 0.472 e. The minimum atomic E-state index is -4.98. The van der Waals surface area contributed by atoms with Crippen LogP contribution in [0.2, 0.25) is 0 Å². The van der Waals surface area contributed by atoms with Crippen LogP contribution in [0.1, 0.15) is 393 Å². The van der Waals surface area contributed by atoms with Gasteiger partial charge in [0.2, 0.25) is 0 Å². The molecule has 0 spiro atoms. The molecule has 3 saturated heterocycles. The third-order valence-electron chi connectivity index (χ3n) is 30.2. The van der Waals surface area contributed by atoms with Gasteiger partial charge in [0.15, 0.2) is 12.6 Å². The van der Waals surface area contributed by atoms with Gasteiger partial charge in [-0.25, -0.2) is 4.57 Å². The molecule has 0 radical (unpaired) electrons. The number of ether oxygens (including phenoxy) is 8. The van der Waals surface area contributed by atoms with Crippen LogP contribution in [0.25, 0.3) is 0 Å². The van der Waals surface area contributed by atoms with Crippen LogP contribution >= 0.6 is 7.82 Å². The van der Waals surface area contributed by atoms with Gasteiger partial charge in [0.05, 0.1) is 39.6 Å². The molecule has 1 saturated carbocycles. The Bertz CT molecular complexity index is 2700. The Morgan fingerprint density at radius 1 is 0.264 bits per heavy atom. The predicted octanol–water partition coefficient (Wildman–Crippen LogP) is 19.1. The van der Waals surface area contributed by atoms with Crippen molar-refractivity contribution in [1.82, 2.24) is 0 Å². The lowest BCUT2D eigenvalue weighted by molar-refractivity contribution is -0.360. The van der Waals surface area contributed by atoms with Crippen molar-refractivity contribution in [2.75, 3.05) is 66.1 Å². The molecule has 0 aromatic heterocycles. The van der Waals surface area contributed by atoms with Crippen molar-refractivity contribution in [3.05, 3.63) is 0 Å². The molecular weight excluding hydrogens is 1660 g/mol. The highest BCUT2D eigenvalue weighted by Gasteiger charge is 2.53. The molecule has 0 bridgehead atoms. The molecule has 13 N–H and O–H groups in total. The first kappa shape index (κ1) is 121. The highest BCUT2D eigenvalue weighted by molar-refractivity contribution is 7.47. The molecule has 1 aliphatic carbocycles. The second-order valence-corrected chi connectivity index (χ2v) is 45.3. The van der Waals surface area contributed by atoms with E-state index in [4.69, 9.17) is 46.9 Å². The quantitative estimate of drug-likeness (QED) is 0.0807. The van der Waals surface area contributed by atoms with Crippen molar-refractivity contribution in [3.63, 3.8) is 0 Å². The van der Waals surface area contributed by atoms with Crippen molar-refractivity contribution < 1.29 is 118 Å². The minimum Gasteiger partial charge on any atom is -0.394 e. The molecule has 21 unspecified atom stereocenters. The summed E-state index contributed by atoms with van der Waals surface area (Å²) in [6.45, 7) is 38.9. The van der Waals surface area contributed by atoms with Gasteiger partial charge >= 0.3 is 7.82 Å². The van der Waals surface area contributed by atoms with Crippen LogP contribution in [0.4, 0.5) is 0 Å².